The maximum Gasteiger partial charge on any atom is 0.174 e. The topological polar surface area (TPSA) is 30.5 Å². The van der Waals surface area contributed by atoms with E-state index in [1.807, 2.05) is 0 Å². The molecule has 2 aliphatic carbocycles. The molecule has 0 spiro atoms. The van der Waals surface area contributed by atoms with Crippen LogP contribution in [0.15, 0.2) is 16.6 Å². The Morgan fingerprint density at radius 3 is 2.33 bits per heavy atom. The van der Waals surface area contributed by atoms with Gasteiger partial charge in [-0.15, -0.1) is 0 Å². The molecule has 2 aliphatic rings. The third-order valence-electron chi connectivity index (χ3n) is 4.66. The normalized spacial score (nSPS) is 18.1. The third kappa shape index (κ3) is 3.72. The van der Waals surface area contributed by atoms with Gasteiger partial charge >= 0.3 is 0 Å². The summed E-state index contributed by atoms with van der Waals surface area (Å²) < 4.78 is 11.7. The molecule has 2 saturated carbocycles. The Hall–Kier alpha value is -0.740. The maximum atomic E-state index is 5.40. The first-order valence-electron chi connectivity index (χ1n) is 7.84. The molecule has 2 fully saturated rings. The molecule has 1 aromatic carbocycles. The molecule has 0 bridgehead atoms. The van der Waals surface area contributed by atoms with Crippen molar-refractivity contribution in [3.05, 3.63) is 22.2 Å². The smallest absolute Gasteiger partial charge is 0.174 e. The van der Waals surface area contributed by atoms with Crippen molar-refractivity contribution in [1.82, 2.24) is 5.32 Å². The summed E-state index contributed by atoms with van der Waals surface area (Å²) in [5, 5.41) is 3.64. The highest BCUT2D eigenvalue weighted by Crippen LogP contribution is 2.48. The Balaban J connectivity index is 1.58. The fraction of sp³-hybridized carbons (Fsp3) is 0.647. The van der Waals surface area contributed by atoms with E-state index < -0.39 is 0 Å². The van der Waals surface area contributed by atoms with Gasteiger partial charge in [-0.3, -0.25) is 0 Å². The molecule has 3 nitrogen and oxygen atoms in total. The first-order valence-corrected chi connectivity index (χ1v) is 8.63. The Morgan fingerprint density at radius 2 is 1.81 bits per heavy atom. The molecule has 116 valence electrons. The number of methoxy groups -OCH3 is 2. The van der Waals surface area contributed by atoms with Crippen LogP contribution in [0.25, 0.3) is 0 Å². The Morgan fingerprint density at radius 1 is 1.14 bits per heavy atom. The highest BCUT2D eigenvalue weighted by atomic mass is 79.9. The lowest BCUT2D eigenvalue weighted by atomic mass is 9.98. The Kier molecular flexibility index (Phi) is 4.75. The zero-order valence-corrected chi connectivity index (χ0v) is 14.4. The number of rotatable bonds is 8. The number of ether oxygens (including phenoxy) is 2. The molecule has 0 saturated heterocycles. The van der Waals surface area contributed by atoms with Crippen molar-refractivity contribution < 1.29 is 9.47 Å². The zero-order valence-electron chi connectivity index (χ0n) is 12.8. The summed E-state index contributed by atoms with van der Waals surface area (Å²) in [7, 11) is 3.34. The van der Waals surface area contributed by atoms with Gasteiger partial charge in [-0.05, 0) is 83.6 Å². The molecule has 0 heterocycles. The van der Waals surface area contributed by atoms with Crippen LogP contribution in [0.3, 0.4) is 0 Å². The molecular formula is C17H24BrNO2. The van der Waals surface area contributed by atoms with E-state index in [1.54, 1.807) is 14.2 Å². The lowest BCUT2D eigenvalue weighted by Crippen LogP contribution is -2.25. The molecule has 0 unspecified atom stereocenters. The van der Waals surface area contributed by atoms with Gasteiger partial charge in [0, 0.05) is 6.54 Å². The first kappa shape index (κ1) is 15.2. The summed E-state index contributed by atoms with van der Waals surface area (Å²) in [6.07, 6.45) is 5.80. The summed E-state index contributed by atoms with van der Waals surface area (Å²) in [4.78, 5) is 0. The largest absolute Gasteiger partial charge is 0.493 e. The molecule has 0 aromatic heterocycles. The minimum atomic E-state index is 0.759. The van der Waals surface area contributed by atoms with E-state index in [4.69, 9.17) is 9.47 Å². The fourth-order valence-electron chi connectivity index (χ4n) is 3.22. The second-order valence-electron chi connectivity index (χ2n) is 6.28. The van der Waals surface area contributed by atoms with E-state index in [2.05, 4.69) is 33.4 Å². The van der Waals surface area contributed by atoms with Crippen molar-refractivity contribution in [2.24, 2.45) is 17.8 Å². The number of halogens is 1. The molecule has 3 rings (SSSR count). The van der Waals surface area contributed by atoms with E-state index in [0.29, 0.717) is 0 Å². The van der Waals surface area contributed by atoms with Gasteiger partial charge < -0.3 is 14.8 Å². The molecule has 4 heteroatoms. The van der Waals surface area contributed by atoms with Gasteiger partial charge in [0.2, 0.25) is 0 Å². The fourth-order valence-corrected chi connectivity index (χ4v) is 3.87. The van der Waals surface area contributed by atoms with Gasteiger partial charge in [0.05, 0.1) is 18.7 Å². The lowest BCUT2D eigenvalue weighted by molar-refractivity contribution is 0.352. The quantitative estimate of drug-likeness (QED) is 0.766. The summed E-state index contributed by atoms with van der Waals surface area (Å²) in [6.45, 7) is 2.04. The van der Waals surface area contributed by atoms with Gasteiger partial charge in [0.15, 0.2) is 11.5 Å². The average Bonchev–Trinajstić information content (AvgIpc) is 3.36. The Labute approximate surface area is 135 Å². The van der Waals surface area contributed by atoms with Gasteiger partial charge in [-0.1, -0.05) is 0 Å². The molecule has 0 aliphatic heterocycles. The number of nitrogens with one attached hydrogen (secondary N) is 1. The predicted octanol–water partition coefficient (Wildman–Crippen LogP) is 3.99. The van der Waals surface area contributed by atoms with Crippen molar-refractivity contribution in [1.29, 1.82) is 0 Å². The summed E-state index contributed by atoms with van der Waals surface area (Å²) in [5.41, 5.74) is 1.23. The van der Waals surface area contributed by atoms with Crippen LogP contribution < -0.4 is 14.8 Å². The van der Waals surface area contributed by atoms with Crippen molar-refractivity contribution >= 4 is 15.9 Å². The van der Waals surface area contributed by atoms with Gasteiger partial charge in [-0.2, -0.15) is 0 Å². The number of benzene rings is 1. The van der Waals surface area contributed by atoms with E-state index in [9.17, 15) is 0 Å². The minimum Gasteiger partial charge on any atom is -0.493 e. The molecule has 0 atom stereocenters. The summed E-state index contributed by atoms with van der Waals surface area (Å²) in [6, 6.07) is 4.16. The molecule has 0 amide bonds. The zero-order chi connectivity index (χ0) is 14.8. The standard InChI is InChI=1S/C17H24BrNO2/c1-20-16-8-11(7-15(18)17(16)21-2)9-19-10-14(12-3-4-12)13-5-6-13/h7-8,12-14,19H,3-6,9-10H2,1-2H3. The predicted molar refractivity (Wildman–Crippen MR) is 87.9 cm³/mol. The molecule has 0 radical (unpaired) electrons. The molecule has 1 N–H and O–H groups in total. The third-order valence-corrected chi connectivity index (χ3v) is 5.25. The van der Waals surface area contributed by atoms with Crippen LogP contribution in [0.5, 0.6) is 11.5 Å². The Bertz CT molecular complexity index is 486. The monoisotopic (exact) mass is 353 g/mol. The van der Waals surface area contributed by atoms with Crippen molar-refractivity contribution in [3.8, 4) is 11.5 Å². The van der Waals surface area contributed by atoms with E-state index in [1.165, 1.54) is 31.2 Å². The van der Waals surface area contributed by atoms with Crippen LogP contribution in [0, 0.1) is 17.8 Å². The van der Waals surface area contributed by atoms with Gasteiger partial charge in [0.1, 0.15) is 0 Å². The number of hydrogen-bond acceptors (Lipinski definition) is 3. The highest BCUT2D eigenvalue weighted by Gasteiger charge is 2.40. The van der Waals surface area contributed by atoms with Crippen LogP contribution in [0.2, 0.25) is 0 Å². The van der Waals surface area contributed by atoms with E-state index >= 15 is 0 Å². The minimum absolute atomic E-state index is 0.759. The maximum absolute atomic E-state index is 5.40. The van der Waals surface area contributed by atoms with Gasteiger partial charge in [0.25, 0.3) is 0 Å². The van der Waals surface area contributed by atoms with Crippen LogP contribution in [0.4, 0.5) is 0 Å². The molecular weight excluding hydrogens is 330 g/mol. The lowest BCUT2D eigenvalue weighted by Gasteiger charge is -2.17. The highest BCUT2D eigenvalue weighted by molar-refractivity contribution is 9.10. The van der Waals surface area contributed by atoms with Gasteiger partial charge in [-0.25, -0.2) is 0 Å². The van der Waals surface area contributed by atoms with Crippen molar-refractivity contribution in [3.63, 3.8) is 0 Å². The number of hydrogen-bond donors (Lipinski definition) is 1. The van der Waals surface area contributed by atoms with Crippen molar-refractivity contribution in [2.75, 3.05) is 20.8 Å². The van der Waals surface area contributed by atoms with E-state index in [-0.39, 0.29) is 0 Å². The van der Waals surface area contributed by atoms with Crippen LogP contribution in [0.1, 0.15) is 31.2 Å². The summed E-state index contributed by atoms with van der Waals surface area (Å²) in [5.74, 6) is 4.46. The molecule has 21 heavy (non-hydrogen) atoms. The molecule has 1 aromatic rings. The first-order chi connectivity index (χ1) is 10.2. The van der Waals surface area contributed by atoms with Crippen LogP contribution in [-0.2, 0) is 6.54 Å². The van der Waals surface area contributed by atoms with Crippen LogP contribution in [-0.4, -0.2) is 20.8 Å². The second-order valence-corrected chi connectivity index (χ2v) is 7.14. The SMILES string of the molecule is COc1cc(CNCC(C2CC2)C2CC2)cc(Br)c1OC. The van der Waals surface area contributed by atoms with E-state index in [0.717, 1.165) is 46.8 Å². The average molecular weight is 354 g/mol. The second kappa shape index (κ2) is 6.57. The van der Waals surface area contributed by atoms with Crippen molar-refractivity contribution in [2.45, 2.75) is 32.2 Å². The summed E-state index contributed by atoms with van der Waals surface area (Å²) >= 11 is 3.55. The van der Waals surface area contributed by atoms with Crippen LogP contribution >= 0.6 is 15.9 Å².